The third-order valence-electron chi connectivity index (χ3n) is 8.44. The second kappa shape index (κ2) is 10.8. The largest absolute Gasteiger partial charge is 0.484 e. The van der Waals surface area contributed by atoms with E-state index in [0.29, 0.717) is 19.6 Å². The molecule has 0 radical (unpaired) electrons. The van der Waals surface area contributed by atoms with E-state index in [4.69, 9.17) is 4.74 Å². The van der Waals surface area contributed by atoms with Crippen molar-refractivity contribution >= 4 is 27.7 Å². The van der Waals surface area contributed by atoms with Crippen molar-refractivity contribution in [2.75, 3.05) is 13.1 Å². The van der Waals surface area contributed by atoms with Gasteiger partial charge in [-0.3, -0.25) is 14.3 Å². The minimum atomic E-state index is -0.327. The minimum absolute atomic E-state index is 0.0215. The summed E-state index contributed by atoms with van der Waals surface area (Å²) in [6.45, 7) is 3.56. The van der Waals surface area contributed by atoms with Crippen LogP contribution in [0.4, 0.5) is 0 Å². The number of ether oxygens (including phenoxy) is 1. The van der Waals surface area contributed by atoms with E-state index in [9.17, 15) is 9.59 Å². The lowest BCUT2D eigenvalue weighted by Crippen LogP contribution is -2.48. The van der Waals surface area contributed by atoms with Crippen LogP contribution in [-0.4, -0.2) is 49.7 Å². The van der Waals surface area contributed by atoms with Gasteiger partial charge in [0.25, 0.3) is 5.91 Å². The first-order chi connectivity index (χ1) is 18.9. The van der Waals surface area contributed by atoms with Gasteiger partial charge in [0.15, 0.2) is 0 Å². The maximum absolute atomic E-state index is 14.0. The molecule has 3 heterocycles. The van der Waals surface area contributed by atoms with Crippen LogP contribution in [0.5, 0.6) is 5.75 Å². The minimum Gasteiger partial charge on any atom is -0.484 e. The molecule has 2 aliphatic heterocycles. The van der Waals surface area contributed by atoms with E-state index in [0.717, 1.165) is 70.3 Å². The van der Waals surface area contributed by atoms with Crippen LogP contribution in [0, 0.1) is 5.92 Å². The summed E-state index contributed by atoms with van der Waals surface area (Å²) in [6.07, 6.45) is 7.53. The first-order valence-electron chi connectivity index (χ1n) is 13.9. The molecule has 3 aromatic rings. The van der Waals surface area contributed by atoms with Gasteiger partial charge in [-0.2, -0.15) is 0 Å². The number of aryl methyl sites for hydroxylation is 1. The number of benzene rings is 2. The Kier molecular flexibility index (Phi) is 7.18. The first-order valence-corrected chi connectivity index (χ1v) is 14.7. The van der Waals surface area contributed by atoms with Crippen LogP contribution >= 0.6 is 15.9 Å². The van der Waals surface area contributed by atoms with Crippen molar-refractivity contribution in [3.05, 3.63) is 75.0 Å². The number of rotatable bonds is 6. The van der Waals surface area contributed by atoms with E-state index in [1.165, 1.54) is 6.42 Å². The maximum atomic E-state index is 14.0. The third kappa shape index (κ3) is 4.97. The molecular formula is C30H34BrN5O3. The molecule has 3 aliphatic rings. The van der Waals surface area contributed by atoms with E-state index in [1.807, 2.05) is 66.4 Å². The fraction of sp³-hybridized carbons (Fsp3) is 0.467. The number of amides is 2. The van der Waals surface area contributed by atoms with Gasteiger partial charge >= 0.3 is 0 Å². The van der Waals surface area contributed by atoms with Crippen molar-refractivity contribution in [3.63, 3.8) is 0 Å². The van der Waals surface area contributed by atoms with Crippen LogP contribution in [0.15, 0.2) is 47.1 Å². The Morgan fingerprint density at radius 2 is 1.95 bits per heavy atom. The summed E-state index contributed by atoms with van der Waals surface area (Å²) in [6, 6.07) is 11.5. The van der Waals surface area contributed by atoms with E-state index in [2.05, 4.69) is 26.2 Å². The van der Waals surface area contributed by atoms with Crippen LogP contribution in [0.25, 0.3) is 0 Å². The van der Waals surface area contributed by atoms with Gasteiger partial charge in [-0.15, -0.1) is 5.10 Å². The van der Waals surface area contributed by atoms with Crippen molar-refractivity contribution in [1.82, 2.24) is 24.8 Å². The zero-order valence-corrected chi connectivity index (χ0v) is 24.1. The summed E-state index contributed by atoms with van der Waals surface area (Å²) < 4.78 is 9.21. The molecule has 2 atom stereocenters. The molecular weight excluding hydrogens is 558 g/mol. The number of aromatic nitrogens is 3. The second-order valence-corrected chi connectivity index (χ2v) is 11.8. The van der Waals surface area contributed by atoms with Crippen LogP contribution in [0.1, 0.15) is 83.9 Å². The van der Waals surface area contributed by atoms with Crippen LogP contribution in [0.2, 0.25) is 0 Å². The number of carbonyl (C=O) groups excluding carboxylic acids is 2. The quantitative estimate of drug-likeness (QED) is 0.384. The molecule has 1 fully saturated rings. The Balaban J connectivity index is 1.38. The average Bonchev–Trinajstić information content (AvgIpc) is 3.53. The predicted octanol–water partition coefficient (Wildman–Crippen LogP) is 5.38. The Morgan fingerprint density at radius 1 is 1.15 bits per heavy atom. The first kappa shape index (κ1) is 26.0. The molecule has 0 unspecified atom stereocenters. The second-order valence-electron chi connectivity index (χ2n) is 11.0. The molecule has 204 valence electrons. The Bertz CT molecular complexity index is 1400. The van der Waals surface area contributed by atoms with Crippen LogP contribution in [0.3, 0.4) is 0 Å². The summed E-state index contributed by atoms with van der Waals surface area (Å²) in [7, 11) is 1.83. The van der Waals surface area contributed by atoms with Crippen LogP contribution in [-0.2, 0) is 24.8 Å². The van der Waals surface area contributed by atoms with Gasteiger partial charge in [0, 0.05) is 48.2 Å². The molecule has 0 saturated heterocycles. The highest BCUT2D eigenvalue weighted by molar-refractivity contribution is 9.10. The molecule has 1 aromatic heterocycles. The summed E-state index contributed by atoms with van der Waals surface area (Å²) in [5, 5.41) is 8.30. The molecule has 0 bridgehead atoms. The molecule has 2 aromatic carbocycles. The van der Waals surface area contributed by atoms with Crippen molar-refractivity contribution in [2.24, 2.45) is 13.0 Å². The molecule has 0 N–H and O–H groups in total. The smallest absolute Gasteiger partial charge is 0.254 e. The zero-order chi connectivity index (χ0) is 27.1. The van der Waals surface area contributed by atoms with E-state index >= 15 is 0 Å². The highest BCUT2D eigenvalue weighted by atomic mass is 79.9. The molecule has 2 amide bonds. The van der Waals surface area contributed by atoms with Gasteiger partial charge in [-0.05, 0) is 55.5 Å². The summed E-state index contributed by atoms with van der Waals surface area (Å²) >= 11 is 3.77. The summed E-state index contributed by atoms with van der Waals surface area (Å²) in [5.74, 6) is 1.00. The van der Waals surface area contributed by atoms with Crippen molar-refractivity contribution in [3.8, 4) is 5.75 Å². The highest BCUT2D eigenvalue weighted by Crippen LogP contribution is 2.44. The molecule has 1 saturated carbocycles. The van der Waals surface area contributed by atoms with E-state index in [-0.39, 0.29) is 29.9 Å². The number of nitrogens with zero attached hydrogens (tertiary/aromatic N) is 5. The number of hydrogen-bond donors (Lipinski definition) is 0. The van der Waals surface area contributed by atoms with Gasteiger partial charge in [-0.25, -0.2) is 0 Å². The zero-order valence-electron chi connectivity index (χ0n) is 22.5. The third-order valence-corrected chi connectivity index (χ3v) is 9.18. The van der Waals surface area contributed by atoms with Crippen molar-refractivity contribution in [2.45, 2.75) is 64.1 Å². The summed E-state index contributed by atoms with van der Waals surface area (Å²) in [4.78, 5) is 31.4. The predicted molar refractivity (Wildman–Crippen MR) is 150 cm³/mol. The fourth-order valence-electron chi connectivity index (χ4n) is 6.39. The van der Waals surface area contributed by atoms with Gasteiger partial charge in [-0.1, -0.05) is 58.6 Å². The lowest BCUT2D eigenvalue weighted by atomic mass is 9.85. The molecule has 6 rings (SSSR count). The van der Waals surface area contributed by atoms with Gasteiger partial charge in [0.1, 0.15) is 17.5 Å². The van der Waals surface area contributed by atoms with Gasteiger partial charge in [0.2, 0.25) is 5.91 Å². The number of hydrogen-bond acceptors (Lipinski definition) is 5. The fourth-order valence-corrected chi connectivity index (χ4v) is 6.94. The molecule has 1 aliphatic carbocycles. The monoisotopic (exact) mass is 591 g/mol. The van der Waals surface area contributed by atoms with Crippen molar-refractivity contribution in [1.29, 1.82) is 0 Å². The lowest BCUT2D eigenvalue weighted by Gasteiger charge is -2.42. The van der Waals surface area contributed by atoms with Crippen molar-refractivity contribution < 1.29 is 14.3 Å². The SMILES string of the molecule is C[C@H](Oc1ccc(Br)c2c1[C@@H](CN1Cc3ccccc3C1=O)N(C(=O)C1CCCCC1)CC2)c1cn(C)nn1. The number of halogens is 1. The highest BCUT2D eigenvalue weighted by Gasteiger charge is 2.40. The summed E-state index contributed by atoms with van der Waals surface area (Å²) in [5.41, 5.74) is 4.65. The molecule has 8 nitrogen and oxygen atoms in total. The van der Waals surface area contributed by atoms with Gasteiger partial charge in [0.05, 0.1) is 12.2 Å². The maximum Gasteiger partial charge on any atom is 0.254 e. The molecule has 39 heavy (non-hydrogen) atoms. The molecule has 0 spiro atoms. The van der Waals surface area contributed by atoms with Gasteiger partial charge < -0.3 is 14.5 Å². The van der Waals surface area contributed by atoms with Crippen LogP contribution < -0.4 is 4.74 Å². The number of fused-ring (bicyclic) bond motifs is 2. The Morgan fingerprint density at radius 3 is 2.69 bits per heavy atom. The topological polar surface area (TPSA) is 80.6 Å². The normalized spacial score (nSPS) is 20.1. The Labute approximate surface area is 237 Å². The average molecular weight is 593 g/mol. The van der Waals surface area contributed by atoms with E-state index < -0.39 is 0 Å². The Hall–Kier alpha value is -3.20. The molecule has 9 heteroatoms. The standard InChI is InChI=1S/C30H34BrN5O3/c1-19(25-17-34(2)33-32-25)39-27-13-12-24(31)23-14-15-36(29(37)20-8-4-3-5-9-20)26(28(23)27)18-35-16-21-10-6-7-11-22(21)30(35)38/h6-7,10-13,17,19-20,26H,3-5,8-9,14-16,18H2,1-2H3/t19-,26+/m0/s1. The number of carbonyl (C=O) groups is 2. The lowest BCUT2D eigenvalue weighted by molar-refractivity contribution is -0.140. The van der Waals surface area contributed by atoms with E-state index in [1.54, 1.807) is 4.68 Å².